The molecule has 0 spiro atoms. The van der Waals surface area contributed by atoms with E-state index in [9.17, 15) is 39.1 Å². The van der Waals surface area contributed by atoms with E-state index in [0.717, 1.165) is 9.63 Å². The number of aromatic amines is 1. The number of rotatable bonds is 12. The number of nitro benzene ring substituents is 1. The molecule has 0 saturated carbocycles. The number of nitro groups is 1. The molecule has 1 saturated heterocycles. The van der Waals surface area contributed by atoms with Gasteiger partial charge < -0.3 is 14.4 Å². The number of nitrogens with zero attached hydrogens (tertiary/aromatic N) is 3. The van der Waals surface area contributed by atoms with Crippen molar-refractivity contribution in [2.45, 2.75) is 44.7 Å². The van der Waals surface area contributed by atoms with E-state index in [2.05, 4.69) is 25.4 Å². The minimum atomic E-state index is -5.02. The Hall–Kier alpha value is -3.18. The molecule has 1 fully saturated rings. The van der Waals surface area contributed by atoms with E-state index in [1.165, 1.54) is 48.4 Å². The van der Waals surface area contributed by atoms with Gasteiger partial charge in [-0.2, -0.15) is 0 Å². The maximum absolute atomic E-state index is 12.7. The summed E-state index contributed by atoms with van der Waals surface area (Å²) < 4.78 is 28.7. The Morgan fingerprint density at radius 2 is 2.08 bits per heavy atom. The van der Waals surface area contributed by atoms with Crippen LogP contribution in [0.2, 0.25) is 0 Å². The van der Waals surface area contributed by atoms with Gasteiger partial charge in [-0.3, -0.25) is 38.7 Å². The molecule has 2 aromatic rings. The normalized spacial score (nSPS) is 21.2. The van der Waals surface area contributed by atoms with Gasteiger partial charge >= 0.3 is 19.5 Å². The first kappa shape index (κ1) is 31.3. The average Bonchev–Trinajstić information content (AvgIpc) is 3.27. The second-order valence-corrected chi connectivity index (χ2v) is 10.3. The molecule has 1 aromatic carbocycles. The fourth-order valence-corrected chi connectivity index (χ4v) is 4.74. The molecule has 1 aliphatic rings. The van der Waals surface area contributed by atoms with Crippen molar-refractivity contribution in [3.05, 3.63) is 72.0 Å². The standard InChI is InChI=1S/C22H26BrN4O12P/c1-3-36-26(15-4-6-16(7-5-15)27(32)33)13(2)21(30)39-40(34,35)37-12-18-17(28)10-19(38-18)25-11-14(8-9-23)20(29)24-22(25)31/h4-9,11,13,17-19,28H,3,10,12H2,1-2H3,(H,34,35)(H,24,29,31)/b9-8+/t13-,17-,18+,19+/m0/s1. The summed E-state index contributed by atoms with van der Waals surface area (Å²) in [4.78, 5) is 66.2. The number of carbonyl (C=O) groups is 1. The quantitative estimate of drug-likeness (QED) is 0.171. The molecule has 218 valence electrons. The van der Waals surface area contributed by atoms with Gasteiger partial charge in [-0.05, 0) is 37.0 Å². The molecule has 0 radical (unpaired) electrons. The van der Waals surface area contributed by atoms with Crippen LogP contribution in [0.3, 0.4) is 0 Å². The molecular formula is C22H26BrN4O12P. The maximum atomic E-state index is 12.7. The molecule has 1 aliphatic heterocycles. The molecule has 0 amide bonds. The highest BCUT2D eigenvalue weighted by molar-refractivity contribution is 9.11. The van der Waals surface area contributed by atoms with Gasteiger partial charge in [0.1, 0.15) is 12.3 Å². The first-order valence-electron chi connectivity index (χ1n) is 11.7. The van der Waals surface area contributed by atoms with Crippen molar-refractivity contribution >= 4 is 47.2 Å². The fourth-order valence-electron chi connectivity index (χ4n) is 3.69. The second kappa shape index (κ2) is 13.5. The molecule has 3 N–H and O–H groups in total. The number of anilines is 1. The summed E-state index contributed by atoms with van der Waals surface area (Å²) in [6.07, 6.45) is -0.929. The number of aliphatic hydroxyl groups excluding tert-OH is 1. The summed E-state index contributed by atoms with van der Waals surface area (Å²) >= 11 is 3.04. The number of benzene rings is 1. The van der Waals surface area contributed by atoms with Crippen LogP contribution in [0, 0.1) is 10.1 Å². The molecule has 5 atom stereocenters. The zero-order chi connectivity index (χ0) is 29.6. The molecule has 16 nitrogen and oxygen atoms in total. The summed E-state index contributed by atoms with van der Waals surface area (Å²) in [6, 6.07) is 3.77. The number of aliphatic hydroxyl groups is 1. The Morgan fingerprint density at radius 1 is 1.40 bits per heavy atom. The lowest BCUT2D eigenvalue weighted by molar-refractivity contribution is -0.384. The number of phosphoric acid groups is 1. The van der Waals surface area contributed by atoms with Gasteiger partial charge in [0.25, 0.3) is 11.2 Å². The molecule has 3 rings (SSSR count). The Bertz CT molecular complexity index is 1410. The van der Waals surface area contributed by atoms with E-state index in [1.807, 2.05) is 0 Å². The van der Waals surface area contributed by atoms with Crippen LogP contribution in [0.15, 0.2) is 45.0 Å². The topological polar surface area (TPSA) is 213 Å². The number of hydrogen-bond donors (Lipinski definition) is 3. The lowest BCUT2D eigenvalue weighted by atomic mass is 10.2. The highest BCUT2D eigenvalue weighted by Gasteiger charge is 2.39. The van der Waals surface area contributed by atoms with Crippen LogP contribution in [0.1, 0.15) is 32.1 Å². The first-order valence-corrected chi connectivity index (χ1v) is 14.1. The number of phosphoric ester groups is 1. The third kappa shape index (κ3) is 7.72. The Balaban J connectivity index is 1.64. The van der Waals surface area contributed by atoms with E-state index in [4.69, 9.17) is 14.1 Å². The minimum Gasteiger partial charge on any atom is -0.390 e. The molecule has 2 heterocycles. The number of carbonyl (C=O) groups excluding carboxylic acids is 1. The van der Waals surface area contributed by atoms with Crippen LogP contribution < -0.4 is 16.3 Å². The zero-order valence-corrected chi connectivity index (χ0v) is 23.6. The molecular weight excluding hydrogens is 623 g/mol. The number of non-ortho nitro benzene ring substituents is 1. The first-order chi connectivity index (χ1) is 18.9. The highest BCUT2D eigenvalue weighted by atomic mass is 79.9. The highest BCUT2D eigenvalue weighted by Crippen LogP contribution is 2.45. The van der Waals surface area contributed by atoms with Crippen LogP contribution in [0.25, 0.3) is 6.08 Å². The van der Waals surface area contributed by atoms with E-state index in [0.29, 0.717) is 0 Å². The molecule has 0 bridgehead atoms. The van der Waals surface area contributed by atoms with E-state index < -0.39 is 61.0 Å². The Morgan fingerprint density at radius 3 is 2.67 bits per heavy atom. The number of hydroxylamine groups is 1. The van der Waals surface area contributed by atoms with E-state index in [-0.39, 0.29) is 30.0 Å². The molecule has 1 aromatic heterocycles. The zero-order valence-electron chi connectivity index (χ0n) is 21.1. The largest absolute Gasteiger partial charge is 0.529 e. The lowest BCUT2D eigenvalue weighted by Gasteiger charge is -2.28. The number of ether oxygens (including phenoxy) is 1. The van der Waals surface area contributed by atoms with Crippen molar-refractivity contribution < 1.29 is 42.9 Å². The predicted octanol–water partition coefficient (Wildman–Crippen LogP) is 1.97. The SMILES string of the molecule is CCON(c1ccc([N+](=O)[O-])cc1)[C@@H](C)C(=O)OP(=O)(O)OC[C@H]1O[C@@H](n2cc(/C=C/Br)c(=O)[nH]c2=O)C[C@@H]1O. The number of halogens is 1. The van der Waals surface area contributed by atoms with Crippen molar-refractivity contribution in [2.75, 3.05) is 18.3 Å². The van der Waals surface area contributed by atoms with Gasteiger partial charge in [-0.15, -0.1) is 0 Å². The van der Waals surface area contributed by atoms with Crippen molar-refractivity contribution in [3.63, 3.8) is 0 Å². The number of aromatic nitrogens is 2. The van der Waals surface area contributed by atoms with Crippen molar-refractivity contribution in [3.8, 4) is 0 Å². The van der Waals surface area contributed by atoms with Crippen molar-refractivity contribution in [1.82, 2.24) is 9.55 Å². The fraction of sp³-hybridized carbons (Fsp3) is 0.409. The number of nitrogens with one attached hydrogen (secondary N) is 1. The van der Waals surface area contributed by atoms with Gasteiger partial charge in [0.05, 0.1) is 35.5 Å². The third-order valence-corrected chi connectivity index (χ3v) is 6.79. The summed E-state index contributed by atoms with van der Waals surface area (Å²) in [6.45, 7) is 2.34. The van der Waals surface area contributed by atoms with E-state index in [1.54, 1.807) is 6.92 Å². The second-order valence-electron chi connectivity index (χ2n) is 8.34. The minimum absolute atomic E-state index is 0.0895. The van der Waals surface area contributed by atoms with Gasteiger partial charge in [-0.25, -0.2) is 19.2 Å². The van der Waals surface area contributed by atoms with Crippen LogP contribution in [-0.4, -0.2) is 61.9 Å². The van der Waals surface area contributed by atoms with Gasteiger partial charge in [0.2, 0.25) is 0 Å². The van der Waals surface area contributed by atoms with E-state index >= 15 is 0 Å². The smallest absolute Gasteiger partial charge is 0.390 e. The molecule has 40 heavy (non-hydrogen) atoms. The molecule has 1 unspecified atom stereocenters. The molecule has 0 aliphatic carbocycles. The van der Waals surface area contributed by atoms with Crippen LogP contribution in [0.5, 0.6) is 0 Å². The Labute approximate surface area is 234 Å². The Kier molecular flexibility index (Phi) is 10.5. The third-order valence-electron chi connectivity index (χ3n) is 5.64. The van der Waals surface area contributed by atoms with Crippen LogP contribution in [-0.2, 0) is 28.0 Å². The summed E-state index contributed by atoms with van der Waals surface area (Å²) in [5, 5.41) is 22.3. The number of H-pyrrole nitrogens is 1. The van der Waals surface area contributed by atoms with Crippen LogP contribution >= 0.6 is 23.8 Å². The van der Waals surface area contributed by atoms with Gasteiger partial charge in [0.15, 0.2) is 6.04 Å². The molecule has 18 heteroatoms. The lowest BCUT2D eigenvalue weighted by Crippen LogP contribution is -2.40. The van der Waals surface area contributed by atoms with Crippen LogP contribution in [0.4, 0.5) is 11.4 Å². The van der Waals surface area contributed by atoms with Crippen molar-refractivity contribution in [1.29, 1.82) is 0 Å². The van der Waals surface area contributed by atoms with Gasteiger partial charge in [0, 0.05) is 24.8 Å². The summed E-state index contributed by atoms with van der Waals surface area (Å²) in [5.41, 5.74) is -1.25. The summed E-state index contributed by atoms with van der Waals surface area (Å²) in [7, 11) is -5.02. The summed E-state index contributed by atoms with van der Waals surface area (Å²) in [5.74, 6) is -1.21. The maximum Gasteiger partial charge on any atom is 0.529 e. The predicted molar refractivity (Wildman–Crippen MR) is 142 cm³/mol. The number of hydrogen-bond acceptors (Lipinski definition) is 12. The van der Waals surface area contributed by atoms with Crippen molar-refractivity contribution in [2.24, 2.45) is 0 Å². The van der Waals surface area contributed by atoms with Gasteiger partial charge in [-0.1, -0.05) is 15.9 Å². The monoisotopic (exact) mass is 648 g/mol. The average molecular weight is 649 g/mol.